The summed E-state index contributed by atoms with van der Waals surface area (Å²) in [5.41, 5.74) is 0. The van der Waals surface area contributed by atoms with E-state index in [4.69, 9.17) is 4.74 Å². The molecule has 2 unspecified atom stereocenters. The largest absolute Gasteiger partial charge is 0.466 e. The molecule has 0 aliphatic carbocycles. The van der Waals surface area contributed by atoms with Crippen molar-refractivity contribution in [3.05, 3.63) is 48.6 Å². The van der Waals surface area contributed by atoms with Crippen LogP contribution in [-0.4, -0.2) is 47.4 Å². The maximum absolute atomic E-state index is 12.5. The molecular weight excluding hydrogens is 1080 g/mol. The van der Waals surface area contributed by atoms with Crippen LogP contribution in [0.3, 0.4) is 0 Å². The fourth-order valence-electron chi connectivity index (χ4n) is 12.5. The molecule has 0 aliphatic heterocycles. The lowest BCUT2D eigenvalue weighted by Crippen LogP contribution is -2.45. The highest BCUT2D eigenvalue weighted by molar-refractivity contribution is 5.76. The van der Waals surface area contributed by atoms with Gasteiger partial charge in [0, 0.05) is 12.8 Å². The van der Waals surface area contributed by atoms with Gasteiger partial charge in [0.1, 0.15) is 0 Å². The molecule has 0 aromatic carbocycles. The van der Waals surface area contributed by atoms with Crippen molar-refractivity contribution in [2.75, 3.05) is 13.2 Å². The van der Waals surface area contributed by atoms with E-state index in [1.54, 1.807) is 6.08 Å². The molecule has 1 amide bonds. The summed E-state index contributed by atoms with van der Waals surface area (Å²) in [4.78, 5) is 24.6. The van der Waals surface area contributed by atoms with Crippen LogP contribution in [-0.2, 0) is 14.3 Å². The van der Waals surface area contributed by atoms with E-state index in [1.807, 2.05) is 6.08 Å². The van der Waals surface area contributed by atoms with Crippen molar-refractivity contribution >= 4 is 11.9 Å². The third-order valence-electron chi connectivity index (χ3n) is 18.6. The van der Waals surface area contributed by atoms with E-state index in [1.165, 1.54) is 360 Å². The van der Waals surface area contributed by atoms with Crippen LogP contribution in [0.2, 0.25) is 0 Å². The summed E-state index contributed by atoms with van der Waals surface area (Å²) in [6, 6.07) is -0.628. The molecule has 0 heterocycles. The second-order valence-corrected chi connectivity index (χ2v) is 27.4. The third-order valence-corrected chi connectivity index (χ3v) is 18.6. The molecule has 0 saturated heterocycles. The molecular formula is C82H155NO5. The van der Waals surface area contributed by atoms with Gasteiger partial charge < -0.3 is 20.3 Å². The number of allylic oxidation sites excluding steroid dienone is 7. The summed E-state index contributed by atoms with van der Waals surface area (Å²) in [6.45, 7) is 4.94. The number of hydrogen-bond donors (Lipinski definition) is 3. The summed E-state index contributed by atoms with van der Waals surface area (Å²) in [6.07, 6.45) is 102. The van der Waals surface area contributed by atoms with Gasteiger partial charge in [-0.1, -0.05) is 383 Å². The highest BCUT2D eigenvalue weighted by Crippen LogP contribution is 2.19. The molecule has 518 valence electrons. The van der Waals surface area contributed by atoms with E-state index >= 15 is 0 Å². The maximum atomic E-state index is 12.5. The summed E-state index contributed by atoms with van der Waals surface area (Å²) >= 11 is 0. The number of rotatable bonds is 75. The second kappa shape index (κ2) is 77.3. The molecule has 0 aromatic rings. The summed E-state index contributed by atoms with van der Waals surface area (Å²) in [5, 5.41) is 23.3. The average molecular weight is 1240 g/mol. The summed E-state index contributed by atoms with van der Waals surface area (Å²) < 4.78 is 5.50. The quantitative estimate of drug-likeness (QED) is 0.0320. The van der Waals surface area contributed by atoms with E-state index < -0.39 is 12.1 Å². The average Bonchev–Trinajstić information content (AvgIpc) is 3.58. The van der Waals surface area contributed by atoms with Crippen molar-refractivity contribution < 1.29 is 24.5 Å². The zero-order valence-electron chi connectivity index (χ0n) is 59.5. The van der Waals surface area contributed by atoms with Crippen LogP contribution in [0, 0.1) is 0 Å². The Morgan fingerprint density at radius 1 is 0.318 bits per heavy atom. The van der Waals surface area contributed by atoms with Crippen molar-refractivity contribution in [2.45, 2.75) is 450 Å². The molecule has 3 N–H and O–H groups in total. The molecule has 0 aliphatic rings. The lowest BCUT2D eigenvalue weighted by Gasteiger charge is -2.20. The number of nitrogens with one attached hydrogen (secondary N) is 1. The Morgan fingerprint density at radius 2 is 0.568 bits per heavy atom. The molecule has 0 spiro atoms. The Balaban J connectivity index is 3.40. The first-order chi connectivity index (χ1) is 43.5. The Labute approximate surface area is 550 Å². The van der Waals surface area contributed by atoms with Crippen molar-refractivity contribution in [1.82, 2.24) is 5.32 Å². The number of esters is 1. The number of unbranched alkanes of at least 4 members (excludes halogenated alkanes) is 58. The Hall–Kier alpha value is -2.18. The van der Waals surface area contributed by atoms with Crippen LogP contribution in [0.15, 0.2) is 48.6 Å². The fourth-order valence-corrected chi connectivity index (χ4v) is 12.5. The second-order valence-electron chi connectivity index (χ2n) is 27.4. The summed E-state index contributed by atoms with van der Waals surface area (Å²) in [5.74, 6) is -0.0509. The first-order valence-electron chi connectivity index (χ1n) is 39.9. The highest BCUT2D eigenvalue weighted by atomic mass is 16.5. The van der Waals surface area contributed by atoms with Crippen LogP contribution in [0.4, 0.5) is 0 Å². The van der Waals surface area contributed by atoms with Gasteiger partial charge in [-0.05, 0) is 89.9 Å². The predicted octanol–water partition coefficient (Wildman–Crippen LogP) is 26.4. The normalized spacial score (nSPS) is 12.7. The topological polar surface area (TPSA) is 95.9 Å². The zero-order valence-corrected chi connectivity index (χ0v) is 59.5. The van der Waals surface area contributed by atoms with Gasteiger partial charge in [0.2, 0.25) is 5.91 Å². The molecule has 0 aromatic heterocycles. The number of aliphatic hydroxyl groups excluding tert-OH is 2. The molecule has 0 radical (unpaired) electrons. The Kier molecular flexibility index (Phi) is 75.4. The number of carbonyl (C=O) groups is 2. The SMILES string of the molecule is CCCCCCCC/C=C\CCCCCCCCCC(=O)OCCCCCCCCCCC/C=C\C/C=C\CCCCCCCCCCCCCCCCCCCC(=O)NC(CO)C(O)/C=C/CCCCCCCCCCCCCCCCCCCCC. The van der Waals surface area contributed by atoms with Crippen molar-refractivity contribution in [3.8, 4) is 0 Å². The standard InChI is InChI=1S/C82H155NO5/c1-3-5-7-9-11-13-15-17-19-21-22-36-39-43-46-50-54-58-62-66-70-74-80(85)79(78-84)83-81(86)75-71-67-63-59-55-51-47-44-40-37-34-32-30-28-26-24-23-25-27-29-31-33-35-38-41-45-49-53-57-61-65-69-73-77-88-82(87)76-72-68-64-60-56-52-48-42-20-18-16-14-12-10-8-6-4-2/h18,20,27,29,33,35,70,74,79-80,84-85H,3-17,19,21-26,28,30-32,34,36-69,71-73,75-78H2,1-2H3,(H,83,86)/b20-18-,29-27-,35-33-,74-70+. The minimum Gasteiger partial charge on any atom is -0.466 e. The van der Waals surface area contributed by atoms with Crippen molar-refractivity contribution in [1.29, 1.82) is 0 Å². The van der Waals surface area contributed by atoms with E-state index in [0.717, 1.165) is 51.4 Å². The molecule has 88 heavy (non-hydrogen) atoms. The summed E-state index contributed by atoms with van der Waals surface area (Å²) in [7, 11) is 0. The van der Waals surface area contributed by atoms with Gasteiger partial charge in [-0.2, -0.15) is 0 Å². The number of carbonyl (C=O) groups excluding carboxylic acids is 2. The van der Waals surface area contributed by atoms with Gasteiger partial charge in [-0.25, -0.2) is 0 Å². The molecule has 0 fully saturated rings. The molecule has 6 heteroatoms. The monoisotopic (exact) mass is 1230 g/mol. The van der Waals surface area contributed by atoms with Crippen molar-refractivity contribution in [2.24, 2.45) is 0 Å². The molecule has 0 bridgehead atoms. The number of ether oxygens (including phenoxy) is 1. The van der Waals surface area contributed by atoms with Gasteiger partial charge in [-0.15, -0.1) is 0 Å². The third kappa shape index (κ3) is 72.9. The van der Waals surface area contributed by atoms with E-state index in [0.29, 0.717) is 19.4 Å². The number of aliphatic hydroxyl groups is 2. The van der Waals surface area contributed by atoms with Gasteiger partial charge >= 0.3 is 5.97 Å². The Bertz CT molecular complexity index is 1470. The molecule has 0 rings (SSSR count). The predicted molar refractivity (Wildman–Crippen MR) is 389 cm³/mol. The van der Waals surface area contributed by atoms with E-state index in [-0.39, 0.29) is 18.5 Å². The van der Waals surface area contributed by atoms with Crippen LogP contribution in [0.5, 0.6) is 0 Å². The van der Waals surface area contributed by atoms with Crippen LogP contribution in [0.1, 0.15) is 438 Å². The first-order valence-corrected chi connectivity index (χ1v) is 39.9. The lowest BCUT2D eigenvalue weighted by atomic mass is 10.0. The minimum absolute atomic E-state index is 0.0111. The number of amides is 1. The molecule has 6 nitrogen and oxygen atoms in total. The minimum atomic E-state index is -0.845. The smallest absolute Gasteiger partial charge is 0.305 e. The van der Waals surface area contributed by atoms with E-state index in [9.17, 15) is 19.8 Å². The maximum Gasteiger partial charge on any atom is 0.305 e. The van der Waals surface area contributed by atoms with Crippen molar-refractivity contribution in [3.63, 3.8) is 0 Å². The van der Waals surface area contributed by atoms with Gasteiger partial charge in [0.05, 0.1) is 25.4 Å². The van der Waals surface area contributed by atoms with Crippen LogP contribution < -0.4 is 5.32 Å². The van der Waals surface area contributed by atoms with Gasteiger partial charge in [0.15, 0.2) is 0 Å². The van der Waals surface area contributed by atoms with E-state index in [2.05, 4.69) is 55.6 Å². The zero-order chi connectivity index (χ0) is 63.5. The van der Waals surface area contributed by atoms with Crippen LogP contribution >= 0.6 is 0 Å². The highest BCUT2D eigenvalue weighted by Gasteiger charge is 2.18. The van der Waals surface area contributed by atoms with Gasteiger partial charge in [-0.3, -0.25) is 9.59 Å². The molecule has 2 atom stereocenters. The van der Waals surface area contributed by atoms with Gasteiger partial charge in [0.25, 0.3) is 0 Å². The first kappa shape index (κ1) is 85.8. The Morgan fingerprint density at radius 3 is 0.875 bits per heavy atom. The molecule has 0 saturated carbocycles. The number of hydrogen-bond acceptors (Lipinski definition) is 5. The lowest BCUT2D eigenvalue weighted by molar-refractivity contribution is -0.143. The fraction of sp³-hybridized carbons (Fsp3) is 0.878. The van der Waals surface area contributed by atoms with Crippen LogP contribution in [0.25, 0.3) is 0 Å².